The number of carbonyl (C=O) groups excluding carboxylic acids is 1. The number of aryl methyl sites for hydroxylation is 1. The molecule has 9 heteroatoms. The maximum atomic E-state index is 12.9. The van der Waals surface area contributed by atoms with Gasteiger partial charge in [0, 0.05) is 11.9 Å². The third-order valence-corrected chi connectivity index (χ3v) is 10.3. The highest BCUT2D eigenvalue weighted by Gasteiger charge is 2.34. The number of nitrogens with zero attached hydrogens (tertiary/aromatic N) is 4. The number of carbonyl (C=O) groups is 1. The molecule has 0 bridgehead atoms. The summed E-state index contributed by atoms with van der Waals surface area (Å²) >= 11 is 2.89. The molecule has 0 saturated carbocycles. The zero-order chi connectivity index (χ0) is 27.6. The third-order valence-electron chi connectivity index (χ3n) is 8.07. The molecule has 1 aliphatic rings. The highest BCUT2D eigenvalue weighted by molar-refractivity contribution is 7.99. The predicted molar refractivity (Wildman–Crippen MR) is 154 cm³/mol. The molecule has 1 aliphatic carbocycles. The van der Waals surface area contributed by atoms with Gasteiger partial charge in [-0.15, -0.1) is 21.5 Å². The minimum atomic E-state index is -0.298. The Morgan fingerprint density at radius 1 is 1.37 bits per heavy atom. The summed E-state index contributed by atoms with van der Waals surface area (Å²) in [5, 5.41) is 22.8. The molecular formula is C29H37N5O2S2. The van der Waals surface area contributed by atoms with Gasteiger partial charge >= 0.3 is 0 Å². The first kappa shape index (κ1) is 28.2. The number of rotatable bonds is 9. The van der Waals surface area contributed by atoms with E-state index in [9.17, 15) is 10.1 Å². The average molecular weight is 552 g/mol. The Kier molecular flexibility index (Phi) is 8.53. The lowest BCUT2D eigenvalue weighted by molar-refractivity contribution is -0.113. The number of benzene rings is 1. The van der Waals surface area contributed by atoms with Gasteiger partial charge < -0.3 is 14.6 Å². The fourth-order valence-corrected chi connectivity index (χ4v) is 6.95. The standard InChI is InChI=1S/C29H37N5O2S2/c1-8-29(5,6)20-12-13-21-22(15-30)27(38-24(21)14-20)31-25(35)16-37-28-33-32-26(34(28)7)19(4)36-23-11-9-10-17(2)18(23)3/h9-11,19-20H,8,12-14,16H2,1-7H3,(H,31,35)/t19-,20+/m0/s1. The molecule has 0 fully saturated rings. The summed E-state index contributed by atoms with van der Waals surface area (Å²) in [4.78, 5) is 14.1. The monoisotopic (exact) mass is 551 g/mol. The van der Waals surface area contributed by atoms with Gasteiger partial charge in [0.15, 0.2) is 17.1 Å². The van der Waals surface area contributed by atoms with E-state index in [1.165, 1.54) is 22.2 Å². The zero-order valence-electron chi connectivity index (χ0n) is 23.3. The lowest BCUT2D eigenvalue weighted by atomic mass is 9.69. The minimum Gasteiger partial charge on any atom is -0.482 e. The Hall–Kier alpha value is -2.83. The van der Waals surface area contributed by atoms with Crippen molar-refractivity contribution in [3.8, 4) is 11.8 Å². The van der Waals surface area contributed by atoms with E-state index < -0.39 is 0 Å². The van der Waals surface area contributed by atoms with Crippen molar-refractivity contribution in [1.29, 1.82) is 5.26 Å². The van der Waals surface area contributed by atoms with E-state index in [0.29, 0.717) is 27.5 Å². The van der Waals surface area contributed by atoms with Crippen molar-refractivity contribution in [1.82, 2.24) is 14.8 Å². The van der Waals surface area contributed by atoms with Crippen molar-refractivity contribution < 1.29 is 9.53 Å². The molecule has 7 nitrogen and oxygen atoms in total. The van der Waals surface area contributed by atoms with Crippen LogP contribution in [0.3, 0.4) is 0 Å². The van der Waals surface area contributed by atoms with Crippen molar-refractivity contribution in [2.75, 3.05) is 11.1 Å². The van der Waals surface area contributed by atoms with Gasteiger partial charge in [-0.3, -0.25) is 4.79 Å². The number of hydrogen-bond acceptors (Lipinski definition) is 7. The second-order valence-corrected chi connectivity index (χ2v) is 12.8. The smallest absolute Gasteiger partial charge is 0.235 e. The van der Waals surface area contributed by atoms with E-state index in [2.05, 4.69) is 55.3 Å². The number of anilines is 1. The first-order valence-corrected chi connectivity index (χ1v) is 14.9. The summed E-state index contributed by atoms with van der Waals surface area (Å²) in [6.07, 6.45) is 3.79. The summed E-state index contributed by atoms with van der Waals surface area (Å²) in [6.45, 7) is 12.9. The first-order chi connectivity index (χ1) is 18.1. The van der Waals surface area contributed by atoms with Gasteiger partial charge in [-0.25, -0.2) is 0 Å². The fourth-order valence-electron chi connectivity index (χ4n) is 4.94. The summed E-state index contributed by atoms with van der Waals surface area (Å²) < 4.78 is 8.04. The molecule has 1 aromatic carbocycles. The van der Waals surface area contributed by atoms with Gasteiger partial charge in [-0.05, 0) is 74.1 Å². The second kappa shape index (κ2) is 11.5. The molecule has 3 aromatic rings. The van der Waals surface area contributed by atoms with Crippen LogP contribution in [0.15, 0.2) is 23.4 Å². The highest BCUT2D eigenvalue weighted by atomic mass is 32.2. The van der Waals surface area contributed by atoms with Crippen molar-refractivity contribution in [2.24, 2.45) is 18.4 Å². The lowest BCUT2D eigenvalue weighted by Crippen LogP contribution is -2.28. The Bertz CT molecular complexity index is 1370. The number of ether oxygens (including phenoxy) is 1. The Morgan fingerprint density at radius 2 is 2.13 bits per heavy atom. The van der Waals surface area contributed by atoms with Crippen LogP contribution < -0.4 is 10.1 Å². The van der Waals surface area contributed by atoms with Crippen molar-refractivity contribution >= 4 is 34.0 Å². The van der Waals surface area contributed by atoms with Crippen LogP contribution in [0.2, 0.25) is 0 Å². The average Bonchev–Trinajstić information content (AvgIpc) is 3.43. The Labute approximate surface area is 234 Å². The zero-order valence-corrected chi connectivity index (χ0v) is 25.0. The quantitative estimate of drug-likeness (QED) is 0.295. The molecule has 0 unspecified atom stereocenters. The SMILES string of the molecule is CCC(C)(C)[C@@H]1CCc2c(sc(NC(=O)CSc3nnc([C@H](C)Oc4cccc(C)c4C)n3C)c2C#N)C1. The normalized spacial score (nSPS) is 16.0. The maximum absolute atomic E-state index is 12.9. The number of nitrogens with one attached hydrogen (secondary N) is 1. The van der Waals surface area contributed by atoms with Gasteiger partial charge in [-0.1, -0.05) is 51.1 Å². The lowest BCUT2D eigenvalue weighted by Gasteiger charge is -2.36. The van der Waals surface area contributed by atoms with Gasteiger partial charge in [0.1, 0.15) is 16.8 Å². The molecule has 1 amide bonds. The molecule has 38 heavy (non-hydrogen) atoms. The Balaban J connectivity index is 1.39. The number of fused-ring (bicyclic) bond motifs is 1. The van der Waals surface area contributed by atoms with Crippen LogP contribution in [0, 0.1) is 36.5 Å². The van der Waals surface area contributed by atoms with Crippen LogP contribution in [0.25, 0.3) is 0 Å². The topological polar surface area (TPSA) is 92.8 Å². The van der Waals surface area contributed by atoms with Gasteiger partial charge in [-0.2, -0.15) is 5.26 Å². The summed E-state index contributed by atoms with van der Waals surface area (Å²) in [5.74, 6) is 2.13. The Morgan fingerprint density at radius 3 is 2.84 bits per heavy atom. The molecule has 2 heterocycles. The largest absolute Gasteiger partial charge is 0.482 e. The highest BCUT2D eigenvalue weighted by Crippen LogP contribution is 2.45. The molecule has 0 radical (unpaired) electrons. The molecule has 0 spiro atoms. The molecule has 4 rings (SSSR count). The molecule has 2 aromatic heterocycles. The van der Waals surface area contributed by atoms with Crippen molar-refractivity contribution in [3.05, 3.63) is 51.2 Å². The first-order valence-electron chi connectivity index (χ1n) is 13.1. The molecule has 202 valence electrons. The van der Waals surface area contributed by atoms with Crippen molar-refractivity contribution in [3.63, 3.8) is 0 Å². The molecule has 2 atom stereocenters. The molecular weight excluding hydrogens is 514 g/mol. The van der Waals surface area contributed by atoms with E-state index in [-0.39, 0.29) is 23.2 Å². The van der Waals surface area contributed by atoms with Crippen LogP contribution in [-0.4, -0.2) is 26.4 Å². The number of thioether (sulfide) groups is 1. The van der Waals surface area contributed by atoms with Crippen LogP contribution >= 0.6 is 23.1 Å². The molecule has 0 aliphatic heterocycles. The maximum Gasteiger partial charge on any atom is 0.235 e. The van der Waals surface area contributed by atoms with Gasteiger partial charge in [0.2, 0.25) is 5.91 Å². The van der Waals surface area contributed by atoms with Gasteiger partial charge in [0.25, 0.3) is 0 Å². The van der Waals surface area contributed by atoms with Gasteiger partial charge in [0.05, 0.1) is 11.3 Å². The van der Waals surface area contributed by atoms with E-state index in [1.54, 1.807) is 11.3 Å². The third kappa shape index (κ3) is 5.76. The van der Waals surface area contributed by atoms with Crippen LogP contribution in [0.4, 0.5) is 5.00 Å². The fraction of sp³-hybridized carbons (Fsp3) is 0.517. The number of amides is 1. The van der Waals surface area contributed by atoms with E-state index in [0.717, 1.165) is 42.6 Å². The van der Waals surface area contributed by atoms with E-state index in [4.69, 9.17) is 4.74 Å². The van der Waals surface area contributed by atoms with Crippen LogP contribution in [0.5, 0.6) is 5.75 Å². The summed E-state index contributed by atoms with van der Waals surface area (Å²) in [7, 11) is 1.88. The van der Waals surface area contributed by atoms with Crippen LogP contribution in [0.1, 0.15) is 79.6 Å². The van der Waals surface area contributed by atoms with E-state index in [1.807, 2.05) is 37.6 Å². The summed E-state index contributed by atoms with van der Waals surface area (Å²) in [6, 6.07) is 8.35. The number of thiophene rings is 1. The van der Waals surface area contributed by atoms with E-state index >= 15 is 0 Å². The second-order valence-electron chi connectivity index (χ2n) is 10.8. The number of nitriles is 1. The molecule has 1 N–H and O–H groups in total. The number of aromatic nitrogens is 3. The minimum absolute atomic E-state index is 0.153. The van der Waals surface area contributed by atoms with Crippen molar-refractivity contribution in [2.45, 2.75) is 78.5 Å². The number of hydrogen-bond donors (Lipinski definition) is 1. The molecule has 0 saturated heterocycles. The summed E-state index contributed by atoms with van der Waals surface area (Å²) in [5.41, 5.74) is 4.30. The van der Waals surface area contributed by atoms with Crippen LogP contribution in [-0.2, 0) is 24.7 Å². The predicted octanol–water partition coefficient (Wildman–Crippen LogP) is 6.78.